The second kappa shape index (κ2) is 2.59. The van der Waals surface area contributed by atoms with Gasteiger partial charge in [-0.2, -0.15) is 0 Å². The summed E-state index contributed by atoms with van der Waals surface area (Å²) >= 11 is 0. The minimum Gasteiger partial charge on any atom is -0.328 e. The molecule has 2 atom stereocenters. The van der Waals surface area contributed by atoms with Crippen molar-refractivity contribution in [2.45, 2.75) is 38.1 Å². The third kappa shape index (κ3) is 1.20. The first kappa shape index (κ1) is 7.29. The predicted molar refractivity (Wildman–Crippen MR) is 43.0 cm³/mol. The summed E-state index contributed by atoms with van der Waals surface area (Å²) in [4.78, 5) is 11.5. The maximum atomic E-state index is 11.5. The summed E-state index contributed by atoms with van der Waals surface area (Å²) in [5.74, 6) is 1.17. The van der Waals surface area contributed by atoms with E-state index in [9.17, 15) is 4.79 Å². The average Bonchev–Trinajstić information content (AvgIpc) is 1.92. The van der Waals surface area contributed by atoms with Gasteiger partial charge in [0.05, 0.1) is 0 Å². The number of nitrogens with two attached hydrogens (primary N) is 1. The molecule has 0 aromatic heterocycles. The highest BCUT2D eigenvalue weighted by Crippen LogP contribution is 2.36. The lowest BCUT2D eigenvalue weighted by Crippen LogP contribution is -2.42. The molecule has 2 unspecified atom stereocenters. The van der Waals surface area contributed by atoms with Crippen LogP contribution in [0.4, 0.5) is 0 Å². The summed E-state index contributed by atoms with van der Waals surface area (Å²) in [6.45, 7) is 0. The molecule has 2 nitrogen and oxygen atoms in total. The topological polar surface area (TPSA) is 43.1 Å². The normalized spacial score (nSPS) is 44.1. The minimum atomic E-state index is 0.308. The van der Waals surface area contributed by atoms with Crippen LogP contribution in [0.1, 0.15) is 32.1 Å². The van der Waals surface area contributed by atoms with Crippen molar-refractivity contribution in [2.24, 2.45) is 17.6 Å². The Morgan fingerprint density at radius 1 is 1.18 bits per heavy atom. The third-order valence-corrected chi connectivity index (χ3v) is 3.08. The zero-order valence-electron chi connectivity index (χ0n) is 6.75. The molecule has 2 heteroatoms. The van der Waals surface area contributed by atoms with E-state index in [-0.39, 0.29) is 0 Å². The van der Waals surface area contributed by atoms with Crippen molar-refractivity contribution in [2.75, 3.05) is 0 Å². The van der Waals surface area contributed by atoms with Crippen molar-refractivity contribution in [3.8, 4) is 0 Å². The molecule has 0 spiro atoms. The van der Waals surface area contributed by atoms with E-state index in [1.54, 1.807) is 0 Å². The second-order valence-corrected chi connectivity index (χ2v) is 3.96. The molecule has 62 valence electrons. The molecule has 0 amide bonds. The molecule has 2 aliphatic rings. The standard InChI is InChI=1S/C9H15NO/c10-8-4-6-2-1-3-7(5-8)9(6)11/h6-8H,1-5,10H2. The molecule has 0 heterocycles. The van der Waals surface area contributed by atoms with Crippen LogP contribution in [-0.4, -0.2) is 11.8 Å². The number of rotatable bonds is 0. The van der Waals surface area contributed by atoms with Crippen LogP contribution in [0.2, 0.25) is 0 Å². The molecule has 2 N–H and O–H groups in total. The molecule has 2 fully saturated rings. The van der Waals surface area contributed by atoms with Gasteiger partial charge in [-0.1, -0.05) is 6.42 Å². The van der Waals surface area contributed by atoms with Crippen LogP contribution in [0.5, 0.6) is 0 Å². The fraction of sp³-hybridized carbons (Fsp3) is 0.889. The Morgan fingerprint density at radius 3 is 2.27 bits per heavy atom. The number of hydrogen-bond acceptors (Lipinski definition) is 2. The van der Waals surface area contributed by atoms with Gasteiger partial charge in [-0.25, -0.2) is 0 Å². The van der Waals surface area contributed by atoms with Gasteiger partial charge in [-0.05, 0) is 25.7 Å². The van der Waals surface area contributed by atoms with Gasteiger partial charge >= 0.3 is 0 Å². The Balaban J connectivity index is 2.13. The van der Waals surface area contributed by atoms with Gasteiger partial charge in [-0.15, -0.1) is 0 Å². The quantitative estimate of drug-likeness (QED) is 0.566. The number of ketones is 1. The fourth-order valence-corrected chi connectivity index (χ4v) is 2.52. The first-order chi connectivity index (χ1) is 5.27. The summed E-state index contributed by atoms with van der Waals surface area (Å²) in [7, 11) is 0. The number of carbonyl (C=O) groups excluding carboxylic acids is 1. The maximum absolute atomic E-state index is 11.5. The van der Waals surface area contributed by atoms with E-state index < -0.39 is 0 Å². The van der Waals surface area contributed by atoms with E-state index >= 15 is 0 Å². The number of Topliss-reactive ketones (excluding diaryl/α,β-unsaturated/α-hetero) is 1. The van der Waals surface area contributed by atoms with Gasteiger partial charge in [0.2, 0.25) is 0 Å². The van der Waals surface area contributed by atoms with Gasteiger partial charge in [0.25, 0.3) is 0 Å². The first-order valence-electron chi connectivity index (χ1n) is 4.56. The first-order valence-corrected chi connectivity index (χ1v) is 4.56. The smallest absolute Gasteiger partial charge is 0.139 e. The van der Waals surface area contributed by atoms with Gasteiger partial charge in [0.1, 0.15) is 5.78 Å². The van der Waals surface area contributed by atoms with Gasteiger partial charge in [-0.3, -0.25) is 4.79 Å². The molecule has 0 aromatic rings. The van der Waals surface area contributed by atoms with Crippen LogP contribution in [0.3, 0.4) is 0 Å². The molecule has 2 aliphatic carbocycles. The van der Waals surface area contributed by atoms with Crippen molar-refractivity contribution < 1.29 is 4.79 Å². The van der Waals surface area contributed by atoms with Crippen molar-refractivity contribution in [3.05, 3.63) is 0 Å². The molecule has 2 rings (SSSR count). The Hall–Kier alpha value is -0.370. The zero-order valence-corrected chi connectivity index (χ0v) is 6.75. The summed E-state index contributed by atoms with van der Waals surface area (Å²) in [5, 5.41) is 0. The predicted octanol–water partition coefficient (Wildman–Crippen LogP) is 1.09. The monoisotopic (exact) mass is 153 g/mol. The van der Waals surface area contributed by atoms with Crippen LogP contribution in [0.25, 0.3) is 0 Å². The molecule has 0 aromatic carbocycles. The van der Waals surface area contributed by atoms with Crippen LogP contribution in [0.15, 0.2) is 0 Å². The van der Waals surface area contributed by atoms with Crippen molar-refractivity contribution in [3.63, 3.8) is 0 Å². The fourth-order valence-electron chi connectivity index (χ4n) is 2.52. The minimum absolute atomic E-state index is 0.308. The highest BCUT2D eigenvalue weighted by atomic mass is 16.1. The Kier molecular flexibility index (Phi) is 1.72. The van der Waals surface area contributed by atoms with E-state index in [1.165, 1.54) is 6.42 Å². The maximum Gasteiger partial charge on any atom is 0.139 e. The Bertz CT molecular complexity index is 162. The van der Waals surface area contributed by atoms with E-state index in [0.29, 0.717) is 23.7 Å². The largest absolute Gasteiger partial charge is 0.328 e. The van der Waals surface area contributed by atoms with Gasteiger partial charge in [0.15, 0.2) is 0 Å². The lowest BCUT2D eigenvalue weighted by molar-refractivity contribution is -0.132. The van der Waals surface area contributed by atoms with Gasteiger partial charge in [0, 0.05) is 17.9 Å². The Labute approximate surface area is 67.1 Å². The molecule has 0 aliphatic heterocycles. The van der Waals surface area contributed by atoms with Crippen molar-refractivity contribution in [1.82, 2.24) is 0 Å². The highest BCUT2D eigenvalue weighted by molar-refractivity contribution is 5.85. The molecule has 2 saturated carbocycles. The molecule has 2 bridgehead atoms. The number of carbonyl (C=O) groups is 1. The second-order valence-electron chi connectivity index (χ2n) is 3.96. The summed E-state index contributed by atoms with van der Waals surface area (Å²) in [6.07, 6.45) is 5.35. The third-order valence-electron chi connectivity index (χ3n) is 3.08. The molecular formula is C9H15NO. The number of hydrogen-bond donors (Lipinski definition) is 1. The highest BCUT2D eigenvalue weighted by Gasteiger charge is 2.37. The lowest BCUT2D eigenvalue weighted by Gasteiger charge is -2.35. The zero-order chi connectivity index (χ0) is 7.84. The van der Waals surface area contributed by atoms with E-state index in [2.05, 4.69) is 0 Å². The molecule has 0 saturated heterocycles. The van der Waals surface area contributed by atoms with Crippen molar-refractivity contribution in [1.29, 1.82) is 0 Å². The van der Waals surface area contributed by atoms with E-state index in [0.717, 1.165) is 25.7 Å². The molecule has 11 heavy (non-hydrogen) atoms. The van der Waals surface area contributed by atoms with Crippen molar-refractivity contribution >= 4 is 5.78 Å². The van der Waals surface area contributed by atoms with Crippen LogP contribution < -0.4 is 5.73 Å². The van der Waals surface area contributed by atoms with Gasteiger partial charge < -0.3 is 5.73 Å². The summed E-state index contributed by atoms with van der Waals surface area (Å²) in [5.41, 5.74) is 5.84. The van der Waals surface area contributed by atoms with Crippen LogP contribution in [-0.2, 0) is 4.79 Å². The lowest BCUT2D eigenvalue weighted by atomic mass is 9.70. The summed E-state index contributed by atoms with van der Waals surface area (Å²) in [6, 6.07) is 0.308. The van der Waals surface area contributed by atoms with E-state index in [4.69, 9.17) is 5.73 Å². The van der Waals surface area contributed by atoms with Crippen LogP contribution >= 0.6 is 0 Å². The van der Waals surface area contributed by atoms with Crippen LogP contribution in [0, 0.1) is 11.8 Å². The average molecular weight is 153 g/mol. The van der Waals surface area contributed by atoms with E-state index in [1.807, 2.05) is 0 Å². The Morgan fingerprint density at radius 2 is 1.73 bits per heavy atom. The summed E-state index contributed by atoms with van der Waals surface area (Å²) < 4.78 is 0. The number of fused-ring (bicyclic) bond motifs is 2. The SMILES string of the molecule is NC1CC2CCCC(C1)C2=O. The molecule has 0 radical (unpaired) electrons. The molecular weight excluding hydrogens is 138 g/mol.